The minimum atomic E-state index is -0.298. The van der Waals surface area contributed by atoms with Crippen molar-refractivity contribution in [1.82, 2.24) is 4.90 Å². The maximum absolute atomic E-state index is 13.7. The number of rotatable bonds is 5. The first-order valence-corrected chi connectivity index (χ1v) is 7.21. The van der Waals surface area contributed by atoms with Gasteiger partial charge in [-0.05, 0) is 24.5 Å². The van der Waals surface area contributed by atoms with Crippen LogP contribution in [-0.2, 0) is 14.3 Å². The summed E-state index contributed by atoms with van der Waals surface area (Å²) in [7, 11) is 1.34. The van der Waals surface area contributed by atoms with Gasteiger partial charge in [0.1, 0.15) is 5.82 Å². The van der Waals surface area contributed by atoms with Crippen molar-refractivity contribution in [3.05, 3.63) is 35.6 Å². The van der Waals surface area contributed by atoms with E-state index in [-0.39, 0.29) is 30.0 Å². The van der Waals surface area contributed by atoms with E-state index in [2.05, 4.69) is 4.74 Å². The summed E-state index contributed by atoms with van der Waals surface area (Å²) < 4.78 is 18.3. The Morgan fingerprint density at radius 3 is 2.81 bits per heavy atom. The molecule has 0 aliphatic carbocycles. The second-order valence-corrected chi connectivity index (χ2v) is 5.28. The van der Waals surface area contributed by atoms with Crippen molar-refractivity contribution in [2.24, 2.45) is 0 Å². The third kappa shape index (κ3) is 4.03. The topological polar surface area (TPSA) is 46.6 Å². The second-order valence-electron chi connectivity index (χ2n) is 5.28. The van der Waals surface area contributed by atoms with Gasteiger partial charge in [0.25, 0.3) is 0 Å². The van der Waals surface area contributed by atoms with Crippen molar-refractivity contribution >= 4 is 11.9 Å². The third-order valence-electron chi connectivity index (χ3n) is 3.89. The summed E-state index contributed by atoms with van der Waals surface area (Å²) in [5, 5.41) is 0. The molecule has 1 saturated heterocycles. The largest absolute Gasteiger partial charge is 0.469 e. The van der Waals surface area contributed by atoms with Gasteiger partial charge in [-0.25, -0.2) is 4.39 Å². The van der Waals surface area contributed by atoms with Gasteiger partial charge in [-0.2, -0.15) is 0 Å². The molecule has 1 aromatic rings. The Hall–Kier alpha value is -1.91. The molecular formula is C16H20FNO3. The number of halogens is 1. The van der Waals surface area contributed by atoms with Gasteiger partial charge in [-0.1, -0.05) is 18.2 Å². The van der Waals surface area contributed by atoms with E-state index in [1.165, 1.54) is 13.2 Å². The van der Waals surface area contributed by atoms with Gasteiger partial charge in [0.2, 0.25) is 5.91 Å². The third-order valence-corrected chi connectivity index (χ3v) is 3.89. The van der Waals surface area contributed by atoms with Crippen molar-refractivity contribution < 1.29 is 18.7 Å². The highest BCUT2D eigenvalue weighted by atomic mass is 19.1. The molecule has 0 spiro atoms. The van der Waals surface area contributed by atoms with Crippen LogP contribution in [0.25, 0.3) is 0 Å². The van der Waals surface area contributed by atoms with Crippen LogP contribution >= 0.6 is 0 Å². The van der Waals surface area contributed by atoms with Crippen molar-refractivity contribution in [2.45, 2.75) is 31.6 Å². The smallest absolute Gasteiger partial charge is 0.305 e. The highest BCUT2D eigenvalue weighted by Gasteiger charge is 2.28. The Morgan fingerprint density at radius 1 is 1.33 bits per heavy atom. The van der Waals surface area contributed by atoms with Crippen LogP contribution in [0.4, 0.5) is 4.39 Å². The number of esters is 1. The molecule has 1 aliphatic rings. The van der Waals surface area contributed by atoms with Crippen LogP contribution in [0.5, 0.6) is 0 Å². The molecule has 1 heterocycles. The molecule has 0 unspecified atom stereocenters. The molecule has 1 aromatic carbocycles. The number of carbonyl (C=O) groups is 2. The molecule has 1 atom stereocenters. The summed E-state index contributed by atoms with van der Waals surface area (Å²) in [4.78, 5) is 24.8. The Balaban J connectivity index is 1.83. The summed E-state index contributed by atoms with van der Waals surface area (Å²) in [6, 6.07) is 6.73. The van der Waals surface area contributed by atoms with E-state index in [4.69, 9.17) is 0 Å². The van der Waals surface area contributed by atoms with E-state index >= 15 is 0 Å². The van der Waals surface area contributed by atoms with Crippen LogP contribution in [0.3, 0.4) is 0 Å². The molecule has 114 valence electrons. The number of methoxy groups -OCH3 is 1. The van der Waals surface area contributed by atoms with Gasteiger partial charge in [0.05, 0.1) is 7.11 Å². The summed E-state index contributed by atoms with van der Waals surface area (Å²) in [6.45, 7) is 1.20. The van der Waals surface area contributed by atoms with Gasteiger partial charge in [0, 0.05) is 31.8 Å². The van der Waals surface area contributed by atoms with Gasteiger partial charge in [-0.3, -0.25) is 9.59 Å². The Labute approximate surface area is 123 Å². The maximum atomic E-state index is 13.7. The normalized spacial score (nSPS) is 17.8. The fourth-order valence-electron chi connectivity index (χ4n) is 2.69. The lowest BCUT2D eigenvalue weighted by Crippen LogP contribution is -2.28. The van der Waals surface area contributed by atoms with E-state index in [0.29, 0.717) is 31.5 Å². The van der Waals surface area contributed by atoms with Crippen LogP contribution < -0.4 is 0 Å². The summed E-state index contributed by atoms with van der Waals surface area (Å²) in [6.07, 6.45) is 1.86. The van der Waals surface area contributed by atoms with Crippen LogP contribution in [0.15, 0.2) is 24.3 Å². The lowest BCUT2D eigenvalue weighted by Gasteiger charge is -2.17. The number of likely N-dealkylation sites (tertiary alicyclic amines) is 1. The van der Waals surface area contributed by atoms with Crippen molar-refractivity contribution in [1.29, 1.82) is 0 Å². The SMILES string of the molecule is COC(=O)CCCC(=O)N1CC[C@@H](c2ccccc2F)C1. The predicted octanol–water partition coefficient (Wildman–Crippen LogP) is 2.48. The first kappa shape index (κ1) is 15.5. The highest BCUT2D eigenvalue weighted by molar-refractivity contribution is 5.77. The summed E-state index contributed by atoms with van der Waals surface area (Å²) in [5.41, 5.74) is 0.683. The molecular weight excluding hydrogens is 273 g/mol. The average Bonchev–Trinajstić information content (AvgIpc) is 2.97. The molecule has 5 heteroatoms. The van der Waals surface area contributed by atoms with Gasteiger partial charge in [-0.15, -0.1) is 0 Å². The number of amides is 1. The second kappa shape index (κ2) is 7.20. The van der Waals surface area contributed by atoms with Gasteiger partial charge in [0.15, 0.2) is 0 Å². The minimum Gasteiger partial charge on any atom is -0.469 e. The number of hydrogen-bond donors (Lipinski definition) is 0. The first-order chi connectivity index (χ1) is 10.1. The quantitative estimate of drug-likeness (QED) is 0.784. The zero-order chi connectivity index (χ0) is 15.2. The van der Waals surface area contributed by atoms with Crippen molar-refractivity contribution in [3.63, 3.8) is 0 Å². The number of ether oxygens (including phenoxy) is 1. The van der Waals surface area contributed by atoms with E-state index in [1.54, 1.807) is 17.0 Å². The predicted molar refractivity (Wildman–Crippen MR) is 76.2 cm³/mol. The fraction of sp³-hybridized carbons (Fsp3) is 0.500. The number of hydrogen-bond acceptors (Lipinski definition) is 3. The molecule has 0 aromatic heterocycles. The lowest BCUT2D eigenvalue weighted by atomic mass is 9.98. The molecule has 21 heavy (non-hydrogen) atoms. The van der Waals surface area contributed by atoms with Gasteiger partial charge >= 0.3 is 5.97 Å². The molecule has 1 aliphatic heterocycles. The molecule has 0 N–H and O–H groups in total. The molecule has 0 bridgehead atoms. The van der Waals surface area contributed by atoms with Crippen LogP contribution in [0, 0.1) is 5.82 Å². The zero-order valence-corrected chi connectivity index (χ0v) is 12.2. The molecule has 0 saturated carbocycles. The standard InChI is InChI=1S/C16H20FNO3/c1-21-16(20)8-4-7-15(19)18-10-9-12(11-18)13-5-2-3-6-14(13)17/h2-3,5-6,12H,4,7-11H2,1H3/t12-/m1/s1. The first-order valence-electron chi connectivity index (χ1n) is 7.21. The monoisotopic (exact) mass is 293 g/mol. The Kier molecular flexibility index (Phi) is 5.31. The van der Waals surface area contributed by atoms with Crippen LogP contribution in [-0.4, -0.2) is 37.0 Å². The molecule has 0 radical (unpaired) electrons. The van der Waals surface area contributed by atoms with Crippen molar-refractivity contribution in [3.8, 4) is 0 Å². The van der Waals surface area contributed by atoms with Crippen molar-refractivity contribution in [2.75, 3.05) is 20.2 Å². The zero-order valence-electron chi connectivity index (χ0n) is 12.2. The van der Waals surface area contributed by atoms with Crippen LogP contribution in [0.2, 0.25) is 0 Å². The number of carbonyl (C=O) groups excluding carboxylic acids is 2. The molecule has 1 fully saturated rings. The fourth-order valence-corrected chi connectivity index (χ4v) is 2.69. The summed E-state index contributed by atoms with van der Waals surface area (Å²) in [5.74, 6) is -0.413. The number of nitrogens with zero attached hydrogens (tertiary/aromatic N) is 1. The molecule has 1 amide bonds. The van der Waals surface area contributed by atoms with E-state index in [9.17, 15) is 14.0 Å². The lowest BCUT2D eigenvalue weighted by molar-refractivity contribution is -0.140. The maximum Gasteiger partial charge on any atom is 0.305 e. The minimum absolute atomic E-state index is 0.0257. The number of benzene rings is 1. The van der Waals surface area contributed by atoms with Crippen LogP contribution in [0.1, 0.15) is 37.2 Å². The molecule has 2 rings (SSSR count). The van der Waals surface area contributed by atoms with E-state index in [0.717, 1.165) is 6.42 Å². The highest BCUT2D eigenvalue weighted by Crippen LogP contribution is 2.29. The summed E-state index contributed by atoms with van der Waals surface area (Å²) >= 11 is 0. The van der Waals surface area contributed by atoms with E-state index < -0.39 is 0 Å². The molecule has 4 nitrogen and oxygen atoms in total. The Morgan fingerprint density at radius 2 is 2.10 bits per heavy atom. The van der Waals surface area contributed by atoms with Gasteiger partial charge < -0.3 is 9.64 Å². The van der Waals surface area contributed by atoms with E-state index in [1.807, 2.05) is 6.07 Å². The Bertz CT molecular complexity index is 518. The average molecular weight is 293 g/mol.